The van der Waals surface area contributed by atoms with Gasteiger partial charge >= 0.3 is 162 Å². The zero-order valence-corrected chi connectivity index (χ0v) is 37.4. The first-order valence-electron chi connectivity index (χ1n) is 17.7. The molecule has 0 N–H and O–H groups in total. The molecule has 0 bridgehead atoms. The minimum absolute atomic E-state index is 0.151. The predicted octanol–water partition coefficient (Wildman–Crippen LogP) is 14.5. The molecule has 0 atom stereocenters. The Bertz CT molecular complexity index is 1860. The van der Waals surface area contributed by atoms with E-state index in [0.717, 1.165) is 0 Å². The third-order valence-electron chi connectivity index (χ3n) is 9.26. The van der Waals surface area contributed by atoms with Gasteiger partial charge < -0.3 is 0 Å². The third-order valence-corrected chi connectivity index (χ3v) is 15.8. The van der Waals surface area contributed by atoms with E-state index in [1.165, 1.54) is 58.2 Å². The molecule has 0 aliphatic heterocycles. The van der Waals surface area contributed by atoms with E-state index in [1.54, 1.807) is 0 Å². The van der Waals surface area contributed by atoms with Gasteiger partial charge in [-0.25, -0.2) is 12.1 Å². The van der Waals surface area contributed by atoms with E-state index in [2.05, 4.69) is 174 Å². The molecule has 0 saturated heterocycles. The number of fused-ring (bicyclic) bond motifs is 3. The van der Waals surface area contributed by atoms with Gasteiger partial charge in [0.05, 0.1) is 0 Å². The van der Waals surface area contributed by atoms with Crippen molar-refractivity contribution in [2.75, 3.05) is 0 Å². The summed E-state index contributed by atoms with van der Waals surface area (Å²) >= 11 is -2.76. The first kappa shape index (κ1) is 40.2. The average Bonchev–Trinajstić information content (AvgIpc) is 3.72. The van der Waals surface area contributed by atoms with Crippen molar-refractivity contribution < 1.29 is 18.6 Å². The molecular formula is C47H56Cl2Hf-2. The van der Waals surface area contributed by atoms with Gasteiger partial charge in [-0.3, -0.25) is 0 Å². The van der Waals surface area contributed by atoms with Gasteiger partial charge in [0.1, 0.15) is 0 Å². The van der Waals surface area contributed by atoms with E-state index in [4.69, 9.17) is 17.2 Å². The minimum Gasteiger partial charge on any atom is -0.214 e. The Balaban J connectivity index is 0.000000198. The first-order chi connectivity index (χ1) is 23.2. The Kier molecular flexibility index (Phi) is 12.8. The Morgan fingerprint density at radius 2 is 0.780 bits per heavy atom. The zero-order chi connectivity index (χ0) is 37.1. The van der Waals surface area contributed by atoms with Crippen LogP contribution in [0.2, 0.25) is 0 Å². The fourth-order valence-corrected chi connectivity index (χ4v) is 12.2. The van der Waals surface area contributed by atoms with Crippen LogP contribution in [-0.2, 0) is 40.2 Å². The van der Waals surface area contributed by atoms with E-state index in [-0.39, 0.29) is 21.7 Å². The summed E-state index contributed by atoms with van der Waals surface area (Å²) in [5, 5.41) is 5.49. The molecular weight excluding hydrogens is 814 g/mol. The predicted molar refractivity (Wildman–Crippen MR) is 222 cm³/mol. The summed E-state index contributed by atoms with van der Waals surface area (Å²) in [5.41, 5.74) is 8.48. The van der Waals surface area contributed by atoms with E-state index in [1.807, 2.05) is 30.3 Å². The molecule has 0 amide bonds. The summed E-state index contributed by atoms with van der Waals surface area (Å²) in [6.07, 6.45) is 0. The maximum absolute atomic E-state index is 6.51. The van der Waals surface area contributed by atoms with Crippen LogP contribution < -0.4 is 0 Å². The number of hydrogen-bond acceptors (Lipinski definition) is 0. The largest absolute Gasteiger partial charge is 0.214 e. The van der Waals surface area contributed by atoms with Crippen molar-refractivity contribution in [3.8, 4) is 0 Å². The van der Waals surface area contributed by atoms with Gasteiger partial charge in [-0.05, 0) is 10.8 Å². The fourth-order valence-electron chi connectivity index (χ4n) is 5.91. The Hall–Kier alpha value is -2.58. The SMILES string of the molecule is CC(C)(C)c1ccc([C](c2ccc(C(C)(C)C)cc2)=[Hf]([Cl])[Cl])cc1.CC(C)(C)c1ccc2[cH-]c3ccc(C(C)(C)C)cc3c2c1.c1cc[cH-]c1. The molecule has 0 saturated carbocycles. The Labute approximate surface area is 317 Å². The average molecular weight is 870 g/mol. The molecule has 3 heteroatoms. The molecule has 6 aromatic carbocycles. The molecule has 0 spiro atoms. The second-order valence-electron chi connectivity index (χ2n) is 17.5. The van der Waals surface area contributed by atoms with Crippen LogP contribution in [-0.4, -0.2) is 3.26 Å². The number of halogens is 2. The summed E-state index contributed by atoms with van der Waals surface area (Å²) in [6, 6.07) is 43.6. The summed E-state index contributed by atoms with van der Waals surface area (Å²) in [6.45, 7) is 27.0. The molecule has 0 unspecified atom stereocenters. The maximum atomic E-state index is 6.51. The third kappa shape index (κ3) is 10.5. The van der Waals surface area contributed by atoms with Crippen LogP contribution in [0.25, 0.3) is 21.5 Å². The van der Waals surface area contributed by atoms with Crippen molar-refractivity contribution in [2.45, 2.75) is 105 Å². The molecule has 0 fully saturated rings. The zero-order valence-electron chi connectivity index (χ0n) is 32.3. The Morgan fingerprint density at radius 1 is 0.460 bits per heavy atom. The molecule has 6 rings (SSSR count). The minimum atomic E-state index is -2.76. The number of rotatable bonds is 2. The molecule has 6 aromatic rings. The van der Waals surface area contributed by atoms with Gasteiger partial charge in [0.2, 0.25) is 0 Å². The van der Waals surface area contributed by atoms with Gasteiger partial charge in [-0.2, -0.15) is 18.2 Å². The Morgan fingerprint density at radius 3 is 1.04 bits per heavy atom. The topological polar surface area (TPSA) is 0 Å². The van der Waals surface area contributed by atoms with Crippen molar-refractivity contribution in [1.29, 1.82) is 0 Å². The molecule has 50 heavy (non-hydrogen) atoms. The fraction of sp³-hybridized carbons (Fsp3) is 0.340. The molecule has 0 heterocycles. The second kappa shape index (κ2) is 16.0. The maximum Gasteiger partial charge on any atom is -0.0145 e. The van der Waals surface area contributed by atoms with E-state index >= 15 is 0 Å². The van der Waals surface area contributed by atoms with Crippen LogP contribution in [0.1, 0.15) is 116 Å². The van der Waals surface area contributed by atoms with Gasteiger partial charge in [-0.15, -0.1) is 39.7 Å². The van der Waals surface area contributed by atoms with E-state index in [9.17, 15) is 0 Å². The second-order valence-corrected chi connectivity index (χ2v) is 28.9. The number of hydrogen-bond donors (Lipinski definition) is 0. The smallest absolute Gasteiger partial charge is 0.0145 e. The van der Waals surface area contributed by atoms with Crippen LogP contribution >= 0.6 is 17.2 Å². The molecule has 0 nitrogen and oxygen atoms in total. The van der Waals surface area contributed by atoms with Crippen molar-refractivity contribution in [1.82, 2.24) is 0 Å². The van der Waals surface area contributed by atoms with Gasteiger partial charge in [0.25, 0.3) is 0 Å². The van der Waals surface area contributed by atoms with E-state index < -0.39 is 18.6 Å². The van der Waals surface area contributed by atoms with Crippen LogP contribution in [0.4, 0.5) is 0 Å². The summed E-state index contributed by atoms with van der Waals surface area (Å²) in [7, 11) is 13.0. The standard InChI is InChI=1S/C21H25.C21H26.C5H5.2ClH.Hf/c1-20(2,3)16-9-7-14-11-15-8-10-17(21(4,5)6)13-19(15)18(14)12-16;1-20(2,3)18-11-7-16(8-12-18)15-17-9-13-19(14-10-17)21(4,5)6;1-2-4-5-3-1;;;/h7-13H,1-6H3;7-14H,1-6H3;1-5H;2*1H;/q-1;;-1;;;+2/p-2. The van der Waals surface area contributed by atoms with Crippen LogP contribution in [0.3, 0.4) is 0 Å². The van der Waals surface area contributed by atoms with Crippen molar-refractivity contribution >= 4 is 42.0 Å². The molecule has 264 valence electrons. The van der Waals surface area contributed by atoms with Crippen LogP contribution in [0, 0.1) is 0 Å². The first-order valence-corrected chi connectivity index (χ1v) is 28.4. The molecule has 0 radical (unpaired) electrons. The summed E-state index contributed by atoms with van der Waals surface area (Å²) < 4.78 is 1.17. The quantitative estimate of drug-likeness (QED) is 0.120. The number of benzene rings is 4. The normalized spacial score (nSPS) is 12.2. The van der Waals surface area contributed by atoms with Gasteiger partial charge in [0.15, 0.2) is 0 Å². The van der Waals surface area contributed by atoms with Gasteiger partial charge in [-0.1, -0.05) is 76.9 Å². The molecule has 0 aromatic heterocycles. The van der Waals surface area contributed by atoms with Crippen LogP contribution in [0.5, 0.6) is 0 Å². The molecule has 0 aliphatic carbocycles. The molecule has 0 aliphatic rings. The monoisotopic (exact) mass is 870 g/mol. The van der Waals surface area contributed by atoms with Crippen molar-refractivity contribution in [2.24, 2.45) is 0 Å². The summed E-state index contributed by atoms with van der Waals surface area (Å²) in [5.74, 6) is 0. The van der Waals surface area contributed by atoms with Crippen molar-refractivity contribution in [3.63, 3.8) is 0 Å². The van der Waals surface area contributed by atoms with E-state index in [0.29, 0.717) is 0 Å². The van der Waals surface area contributed by atoms with Crippen LogP contribution in [0.15, 0.2) is 121 Å². The van der Waals surface area contributed by atoms with Gasteiger partial charge in [0, 0.05) is 0 Å². The summed E-state index contributed by atoms with van der Waals surface area (Å²) in [4.78, 5) is 0. The van der Waals surface area contributed by atoms with Crippen molar-refractivity contribution in [3.05, 3.63) is 155 Å².